The normalized spacial score (nSPS) is 20.6. The van der Waals surface area contributed by atoms with Crippen LogP contribution in [0.1, 0.15) is 0 Å². The van der Waals surface area contributed by atoms with Crippen molar-refractivity contribution in [1.82, 2.24) is 0 Å². The fourth-order valence-corrected chi connectivity index (χ4v) is 2.73. The molecule has 0 radical (unpaired) electrons. The van der Waals surface area contributed by atoms with Gasteiger partial charge in [-0.1, -0.05) is 3.63 Å². The van der Waals surface area contributed by atoms with Gasteiger partial charge in [-0.25, -0.2) is 8.78 Å². The monoisotopic (exact) mass is 288 g/mol. The van der Waals surface area contributed by atoms with Gasteiger partial charge in [0.05, 0.1) is 0 Å². The smallest absolute Gasteiger partial charge is 0.357 e. The average molecular weight is 288 g/mol. The van der Waals surface area contributed by atoms with Crippen molar-refractivity contribution in [3.63, 3.8) is 0 Å². The molecule has 0 saturated heterocycles. The van der Waals surface area contributed by atoms with E-state index >= 15 is 0 Å². The highest BCUT2D eigenvalue weighted by Gasteiger charge is 2.34. The first-order valence-corrected chi connectivity index (χ1v) is 6.44. The Balaban J connectivity index is 2.68. The zero-order valence-electron chi connectivity index (χ0n) is 7.58. The molecule has 1 aliphatic heterocycles. The van der Waals surface area contributed by atoms with Gasteiger partial charge in [0.15, 0.2) is 23.1 Å². The Morgan fingerprint density at radius 2 is 1.18 bits per heavy atom. The van der Waals surface area contributed by atoms with E-state index in [2.05, 4.69) is 12.0 Å². The molecule has 0 fully saturated rings. The van der Waals surface area contributed by atoms with Crippen LogP contribution in [-0.2, 0) is 24.4 Å². The summed E-state index contributed by atoms with van der Waals surface area (Å²) in [7, 11) is -9.94. The van der Waals surface area contributed by atoms with Crippen LogP contribution in [0.15, 0.2) is 12.1 Å². The Morgan fingerprint density at radius 3 is 1.53 bits per heavy atom. The average Bonchev–Trinajstić information content (AvgIpc) is 2.17. The molecule has 1 aromatic rings. The largest absolute Gasteiger partial charge is 0.466 e. The van der Waals surface area contributed by atoms with Gasteiger partial charge in [-0.15, -0.1) is 0 Å². The minimum absolute atomic E-state index is 0.312. The molecule has 1 heterocycles. The Hall–Kier alpha value is -1.46. The molecule has 0 bridgehead atoms. The molecule has 11 heteroatoms. The first-order chi connectivity index (χ1) is 7.69. The third-order valence-electron chi connectivity index (χ3n) is 1.54. The summed E-state index contributed by atoms with van der Waals surface area (Å²) < 4.78 is 80.9. The van der Waals surface area contributed by atoms with Crippen molar-refractivity contribution in [2.45, 2.75) is 0 Å². The van der Waals surface area contributed by atoms with E-state index in [4.69, 9.17) is 0 Å². The Kier molecular flexibility index (Phi) is 2.48. The molecule has 0 unspecified atom stereocenters. The standard InChI is InChI=1S/C6H2F2O7S2/c7-3-1-5-6(2-4(3)8)14-17(11,12)15-16(9,10)13-5/h1-2H. The lowest BCUT2D eigenvalue weighted by molar-refractivity contribution is 0.372. The van der Waals surface area contributed by atoms with Crippen LogP contribution < -0.4 is 8.37 Å². The van der Waals surface area contributed by atoms with Crippen LogP contribution in [0.25, 0.3) is 0 Å². The van der Waals surface area contributed by atoms with E-state index in [-0.39, 0.29) is 0 Å². The highest BCUT2D eigenvalue weighted by Crippen LogP contribution is 2.35. The third-order valence-corrected chi connectivity index (χ3v) is 3.64. The van der Waals surface area contributed by atoms with Gasteiger partial charge >= 0.3 is 20.8 Å². The molecule has 0 atom stereocenters. The summed E-state index contributed by atoms with van der Waals surface area (Å²) in [5.41, 5.74) is 0. The van der Waals surface area contributed by atoms with Crippen LogP contribution >= 0.6 is 0 Å². The van der Waals surface area contributed by atoms with E-state index in [1.165, 1.54) is 0 Å². The number of hydrogen-bond acceptors (Lipinski definition) is 7. The lowest BCUT2D eigenvalue weighted by atomic mass is 10.3. The molecule has 0 amide bonds. The van der Waals surface area contributed by atoms with E-state index < -0.39 is 43.9 Å². The number of halogens is 2. The molecule has 0 N–H and O–H groups in total. The predicted molar refractivity (Wildman–Crippen MR) is 46.5 cm³/mol. The molecule has 0 saturated carbocycles. The lowest BCUT2D eigenvalue weighted by Gasteiger charge is -2.02. The third kappa shape index (κ3) is 2.45. The van der Waals surface area contributed by atoms with Crippen molar-refractivity contribution in [3.8, 4) is 11.5 Å². The maximum absolute atomic E-state index is 12.8. The van der Waals surface area contributed by atoms with E-state index in [1.807, 2.05) is 0 Å². The van der Waals surface area contributed by atoms with Gasteiger partial charge in [0.1, 0.15) is 0 Å². The van der Waals surface area contributed by atoms with Crippen molar-refractivity contribution < 1.29 is 37.6 Å². The number of fused-ring (bicyclic) bond motifs is 1. The Labute approximate surface area is 94.2 Å². The van der Waals surface area contributed by atoms with Crippen LogP contribution in [0.5, 0.6) is 11.5 Å². The summed E-state index contributed by atoms with van der Waals surface area (Å²) in [5, 5.41) is 0. The van der Waals surface area contributed by atoms with E-state index in [1.54, 1.807) is 0 Å². The quantitative estimate of drug-likeness (QED) is 0.674. The number of hydrogen-bond donors (Lipinski definition) is 0. The van der Waals surface area contributed by atoms with Crippen molar-refractivity contribution >= 4 is 20.8 Å². The maximum atomic E-state index is 12.8. The van der Waals surface area contributed by atoms with Crippen molar-refractivity contribution in [1.29, 1.82) is 0 Å². The zero-order valence-corrected chi connectivity index (χ0v) is 9.22. The molecule has 1 aromatic carbocycles. The lowest BCUT2D eigenvalue weighted by Crippen LogP contribution is -2.18. The van der Waals surface area contributed by atoms with Crippen LogP contribution in [0.3, 0.4) is 0 Å². The molecular formula is C6H2F2O7S2. The fourth-order valence-electron chi connectivity index (χ4n) is 0.990. The van der Waals surface area contributed by atoms with E-state index in [9.17, 15) is 25.6 Å². The second-order valence-corrected chi connectivity index (χ2v) is 5.27. The highest BCUT2D eigenvalue weighted by molar-refractivity contribution is 7.95. The Bertz CT molecular complexity index is 620. The van der Waals surface area contributed by atoms with Crippen LogP contribution in [0.4, 0.5) is 8.78 Å². The minimum atomic E-state index is -4.97. The van der Waals surface area contributed by atoms with Crippen LogP contribution in [0, 0.1) is 11.6 Å². The van der Waals surface area contributed by atoms with Gasteiger partial charge < -0.3 is 8.37 Å². The van der Waals surface area contributed by atoms with Crippen molar-refractivity contribution in [3.05, 3.63) is 23.8 Å². The van der Waals surface area contributed by atoms with Crippen LogP contribution in [0.2, 0.25) is 0 Å². The summed E-state index contributed by atoms with van der Waals surface area (Å²) in [6, 6.07) is 0.624. The first kappa shape index (κ1) is 12.0. The maximum Gasteiger partial charge on any atom is 0.466 e. The minimum Gasteiger partial charge on any atom is -0.357 e. The summed E-state index contributed by atoms with van der Waals surface area (Å²) in [4.78, 5) is 0. The molecule has 0 aromatic heterocycles. The van der Waals surface area contributed by atoms with Gasteiger partial charge in [-0.05, 0) is 0 Å². The Morgan fingerprint density at radius 1 is 0.824 bits per heavy atom. The molecule has 0 spiro atoms. The van der Waals surface area contributed by atoms with Gasteiger partial charge in [0.2, 0.25) is 0 Å². The highest BCUT2D eigenvalue weighted by atomic mass is 32.3. The number of benzene rings is 1. The molecule has 2 rings (SSSR count). The predicted octanol–water partition coefficient (Wildman–Crippen LogP) is 0.242. The van der Waals surface area contributed by atoms with Gasteiger partial charge in [-0.3, -0.25) is 0 Å². The summed E-state index contributed by atoms with van der Waals surface area (Å²) >= 11 is 0. The SMILES string of the molecule is O=S1(=O)Oc2cc(F)c(F)cc2OS(=O)(=O)O1. The zero-order chi connectivity index (χ0) is 12.8. The van der Waals surface area contributed by atoms with Gasteiger partial charge in [0, 0.05) is 12.1 Å². The first-order valence-electron chi connectivity index (χ1n) is 3.77. The van der Waals surface area contributed by atoms with Crippen molar-refractivity contribution in [2.24, 2.45) is 0 Å². The van der Waals surface area contributed by atoms with Crippen LogP contribution in [-0.4, -0.2) is 16.8 Å². The van der Waals surface area contributed by atoms with E-state index in [0.717, 1.165) is 0 Å². The summed E-state index contributed by atoms with van der Waals surface area (Å²) in [6.07, 6.45) is 0. The second-order valence-electron chi connectivity index (χ2n) is 2.76. The molecule has 7 nitrogen and oxygen atoms in total. The molecule has 0 aliphatic carbocycles. The van der Waals surface area contributed by atoms with Gasteiger partial charge in [0.25, 0.3) is 0 Å². The van der Waals surface area contributed by atoms with E-state index in [0.29, 0.717) is 12.1 Å². The molecule has 94 valence electrons. The topological polar surface area (TPSA) is 96.0 Å². The number of rotatable bonds is 0. The molecular weight excluding hydrogens is 286 g/mol. The van der Waals surface area contributed by atoms with Crippen molar-refractivity contribution in [2.75, 3.05) is 0 Å². The second kappa shape index (κ2) is 3.51. The van der Waals surface area contributed by atoms with Gasteiger partial charge in [-0.2, -0.15) is 16.8 Å². The summed E-state index contributed by atoms with van der Waals surface area (Å²) in [6.45, 7) is 0. The fraction of sp³-hybridized carbons (Fsp3) is 0. The summed E-state index contributed by atoms with van der Waals surface area (Å²) in [5.74, 6) is -4.57. The molecule has 1 aliphatic rings. The molecule has 17 heavy (non-hydrogen) atoms.